The van der Waals surface area contributed by atoms with E-state index < -0.39 is 0 Å². The van der Waals surface area contributed by atoms with E-state index in [9.17, 15) is 4.79 Å². The molecule has 0 aromatic carbocycles. The molecule has 42 valence electrons. The van der Waals surface area contributed by atoms with Gasteiger partial charge in [-0.15, -0.1) is 0 Å². The molecule has 0 bridgehead atoms. The molecule has 0 aromatic rings. The van der Waals surface area contributed by atoms with Crippen molar-refractivity contribution in [3.8, 4) is 0 Å². The van der Waals surface area contributed by atoms with E-state index in [0.29, 0.717) is 6.67 Å². The predicted molar refractivity (Wildman–Crippen MR) is 27.4 cm³/mol. The zero-order valence-electron chi connectivity index (χ0n) is 5.14. The van der Waals surface area contributed by atoms with E-state index in [1.54, 1.807) is 6.41 Å². The molecule has 0 rings (SSSR count). The summed E-state index contributed by atoms with van der Waals surface area (Å²) in [6.45, 7) is 0.559. The van der Waals surface area contributed by atoms with Gasteiger partial charge >= 0.3 is 32.7 Å². The molecule has 0 aromatic heterocycles. The van der Waals surface area contributed by atoms with E-state index in [4.69, 9.17) is 0 Å². The minimum atomic E-state index is 0. The van der Waals surface area contributed by atoms with Crippen LogP contribution in [0.3, 0.4) is 0 Å². The first-order valence-corrected chi connectivity index (χ1v) is 2.02. The molecule has 0 fully saturated rings. The van der Waals surface area contributed by atoms with Gasteiger partial charge in [0.05, 0.1) is 0 Å². The Labute approximate surface area is 74.7 Å². The maximum Gasteiger partial charge on any atom is 3.00 e. The molecule has 3 nitrogen and oxygen atoms in total. The van der Waals surface area contributed by atoms with Crippen LogP contribution in [0.4, 0.5) is 0 Å². The van der Waals surface area contributed by atoms with Crippen LogP contribution in [-0.2, 0) is 37.5 Å². The van der Waals surface area contributed by atoms with Gasteiger partial charge in [0.1, 0.15) is 0 Å². The Hall–Kier alpha value is 0.534. The quantitative estimate of drug-likeness (QED) is 0.357. The molecule has 1 amide bonds. The van der Waals surface area contributed by atoms with Crippen molar-refractivity contribution in [3.63, 3.8) is 0 Å². The van der Waals surface area contributed by atoms with Crippen LogP contribution in [-0.4, -0.2) is 32.1 Å². The number of amides is 1. The Kier molecular flexibility index (Phi) is 10.7. The second kappa shape index (κ2) is 7.53. The molecule has 1 N–H and O–H groups in total. The molecule has 4 heteroatoms. The van der Waals surface area contributed by atoms with E-state index in [1.807, 2.05) is 19.0 Å². The number of carbonyl (C=O) groups excluding carboxylic acids is 1. The van der Waals surface area contributed by atoms with Gasteiger partial charge in [-0.3, -0.25) is 4.90 Å². The SMILES string of the molecule is CN(C)CN[C-]=O.[Y+3]. The second-order valence-electron chi connectivity index (χ2n) is 1.52. The van der Waals surface area contributed by atoms with Gasteiger partial charge < -0.3 is 10.1 Å². The summed E-state index contributed by atoms with van der Waals surface area (Å²) in [4.78, 5) is 11.3. The second-order valence-corrected chi connectivity index (χ2v) is 1.52. The summed E-state index contributed by atoms with van der Waals surface area (Å²) in [6, 6.07) is 0. The van der Waals surface area contributed by atoms with E-state index in [-0.39, 0.29) is 32.7 Å². The zero-order chi connectivity index (χ0) is 5.70. The maximum absolute atomic E-state index is 9.45. The average molecular weight is 190 g/mol. The van der Waals surface area contributed by atoms with Crippen LogP contribution in [0.5, 0.6) is 0 Å². The van der Waals surface area contributed by atoms with Crippen molar-refractivity contribution in [1.29, 1.82) is 0 Å². The minimum Gasteiger partial charge on any atom is -0.520 e. The van der Waals surface area contributed by atoms with Crippen molar-refractivity contribution in [2.75, 3.05) is 20.8 Å². The van der Waals surface area contributed by atoms with Crippen LogP contribution in [0.15, 0.2) is 0 Å². The Morgan fingerprint density at radius 1 is 1.62 bits per heavy atom. The van der Waals surface area contributed by atoms with Gasteiger partial charge in [-0.1, -0.05) is 0 Å². The van der Waals surface area contributed by atoms with Gasteiger partial charge in [0.25, 0.3) is 0 Å². The Bertz CT molecular complexity index is 58.0. The number of rotatable bonds is 3. The molecular formula is C4H9N2OY+2. The average Bonchev–Trinajstić information content (AvgIpc) is 1.61. The number of hydrogen-bond donors (Lipinski definition) is 1. The Morgan fingerprint density at radius 3 is 2.25 bits per heavy atom. The third-order valence-electron chi connectivity index (χ3n) is 0.467. The van der Waals surface area contributed by atoms with Crippen LogP contribution < -0.4 is 5.32 Å². The van der Waals surface area contributed by atoms with E-state index in [0.717, 1.165) is 0 Å². The van der Waals surface area contributed by atoms with Crippen LogP contribution in [0.25, 0.3) is 0 Å². The summed E-state index contributed by atoms with van der Waals surface area (Å²) in [5.74, 6) is 0. The fourth-order valence-corrected chi connectivity index (χ4v) is 0.190. The summed E-state index contributed by atoms with van der Waals surface area (Å²) < 4.78 is 0. The number of nitrogens with one attached hydrogen (secondary N) is 1. The monoisotopic (exact) mass is 190 g/mol. The van der Waals surface area contributed by atoms with Crippen molar-refractivity contribution in [1.82, 2.24) is 10.2 Å². The summed E-state index contributed by atoms with van der Waals surface area (Å²) in [6.07, 6.45) is 1.56. The summed E-state index contributed by atoms with van der Waals surface area (Å²) >= 11 is 0. The first-order valence-electron chi connectivity index (χ1n) is 2.02. The predicted octanol–water partition coefficient (Wildman–Crippen LogP) is -0.840. The standard InChI is InChI=1S/C4H9N2O.Y/c1-6(2)3-5-4-7;/h3H2,1-2H3,(H,5,7);/q-1;+3. The maximum atomic E-state index is 9.45. The molecule has 0 aliphatic heterocycles. The van der Waals surface area contributed by atoms with Crippen molar-refractivity contribution in [2.45, 2.75) is 0 Å². The molecule has 0 aliphatic rings. The third-order valence-corrected chi connectivity index (χ3v) is 0.467. The Balaban J connectivity index is 0. The molecule has 0 heterocycles. The Morgan fingerprint density at radius 2 is 2.12 bits per heavy atom. The van der Waals surface area contributed by atoms with Gasteiger partial charge in [0, 0.05) is 6.67 Å². The van der Waals surface area contributed by atoms with Gasteiger partial charge in [0.15, 0.2) is 0 Å². The van der Waals surface area contributed by atoms with Crippen LogP contribution in [0.2, 0.25) is 0 Å². The first kappa shape index (κ1) is 11.3. The third kappa shape index (κ3) is 9.73. The zero-order valence-corrected chi connectivity index (χ0v) is 7.98. The molecule has 0 unspecified atom stereocenters. The first-order chi connectivity index (χ1) is 3.27. The smallest absolute Gasteiger partial charge is 0.520 e. The molecule has 8 heavy (non-hydrogen) atoms. The van der Waals surface area contributed by atoms with Crippen molar-refractivity contribution in [3.05, 3.63) is 0 Å². The van der Waals surface area contributed by atoms with E-state index in [1.165, 1.54) is 0 Å². The summed E-state index contributed by atoms with van der Waals surface area (Å²) in [5.41, 5.74) is 0. The minimum absolute atomic E-state index is 0. The molecule has 0 aliphatic carbocycles. The molecular weight excluding hydrogens is 181 g/mol. The van der Waals surface area contributed by atoms with Gasteiger partial charge in [-0.05, 0) is 14.1 Å². The largest absolute Gasteiger partial charge is 3.00 e. The van der Waals surface area contributed by atoms with Crippen LogP contribution in [0, 0.1) is 0 Å². The van der Waals surface area contributed by atoms with Crippen molar-refractivity contribution >= 4 is 6.41 Å². The topological polar surface area (TPSA) is 32.3 Å². The fraction of sp³-hybridized carbons (Fsp3) is 0.750. The summed E-state index contributed by atoms with van der Waals surface area (Å²) in [5, 5.41) is 2.37. The van der Waals surface area contributed by atoms with Crippen LogP contribution >= 0.6 is 0 Å². The van der Waals surface area contributed by atoms with Gasteiger partial charge in [-0.25, -0.2) is 0 Å². The fourth-order valence-electron chi connectivity index (χ4n) is 0.190. The van der Waals surface area contributed by atoms with Gasteiger partial charge in [0.2, 0.25) is 0 Å². The molecule has 0 saturated carbocycles. The molecule has 0 saturated heterocycles. The van der Waals surface area contributed by atoms with Crippen molar-refractivity contribution < 1.29 is 37.5 Å². The summed E-state index contributed by atoms with van der Waals surface area (Å²) in [7, 11) is 3.73. The normalized spacial score (nSPS) is 7.88. The van der Waals surface area contributed by atoms with Crippen molar-refractivity contribution in [2.24, 2.45) is 0 Å². The number of hydrogen-bond acceptors (Lipinski definition) is 2. The number of nitrogens with zero attached hydrogens (tertiary/aromatic N) is 1. The molecule has 0 radical (unpaired) electrons. The van der Waals surface area contributed by atoms with Crippen LogP contribution in [0.1, 0.15) is 0 Å². The molecule has 0 spiro atoms. The van der Waals surface area contributed by atoms with Gasteiger partial charge in [-0.2, -0.15) is 6.41 Å². The van der Waals surface area contributed by atoms with E-state index >= 15 is 0 Å². The molecule has 0 atom stereocenters. The van der Waals surface area contributed by atoms with E-state index in [2.05, 4.69) is 5.32 Å².